The first-order valence-corrected chi connectivity index (χ1v) is 19.8. The summed E-state index contributed by atoms with van der Waals surface area (Å²) in [6, 6.07) is 7.34. The lowest BCUT2D eigenvalue weighted by Crippen LogP contribution is -2.58. The minimum atomic E-state index is -0.354. The molecule has 0 saturated heterocycles. The molecule has 2 aliphatic rings. The average Bonchev–Trinajstić information content (AvgIpc) is 3.51. The van der Waals surface area contributed by atoms with E-state index in [4.69, 9.17) is 20.5 Å². The summed E-state index contributed by atoms with van der Waals surface area (Å²) in [6.07, 6.45) is 15.3. The van der Waals surface area contributed by atoms with Crippen LogP contribution in [0.1, 0.15) is 97.5 Å². The van der Waals surface area contributed by atoms with E-state index in [0.29, 0.717) is 56.3 Å². The summed E-state index contributed by atoms with van der Waals surface area (Å²) in [7, 11) is 1.85. The zero-order valence-electron chi connectivity index (χ0n) is 34.2. The average molecular weight is 776 g/mol. The van der Waals surface area contributed by atoms with Crippen molar-refractivity contribution in [1.82, 2.24) is 20.4 Å². The van der Waals surface area contributed by atoms with Crippen LogP contribution in [0.3, 0.4) is 0 Å². The predicted molar refractivity (Wildman–Crippen MR) is 233 cm³/mol. The second kappa shape index (κ2) is 16.6. The first-order valence-electron chi connectivity index (χ1n) is 19.0. The zero-order valence-corrected chi connectivity index (χ0v) is 35.0. The molecule has 2 fully saturated rings. The monoisotopic (exact) mass is 775 g/mol. The Hall–Kier alpha value is -4.97. The molecule has 2 saturated carbocycles. The fourth-order valence-electron chi connectivity index (χ4n) is 9.67. The van der Waals surface area contributed by atoms with Gasteiger partial charge in [-0.15, -0.1) is 0 Å². The number of allylic oxidation sites excluding steroid dienone is 7. The lowest BCUT2D eigenvalue weighted by molar-refractivity contribution is -0.214. The van der Waals surface area contributed by atoms with Crippen LogP contribution in [0, 0.1) is 16.2 Å². The highest BCUT2D eigenvalue weighted by Crippen LogP contribution is 2.62. The van der Waals surface area contributed by atoms with E-state index in [-0.39, 0.29) is 39.2 Å². The Morgan fingerprint density at radius 3 is 2.45 bits per heavy atom. The lowest BCUT2D eigenvalue weighted by atomic mass is 9.48. The van der Waals surface area contributed by atoms with E-state index >= 15 is 0 Å². The maximum atomic E-state index is 13.7. The van der Waals surface area contributed by atoms with Gasteiger partial charge >= 0.3 is 0 Å². The van der Waals surface area contributed by atoms with Gasteiger partial charge in [-0.25, -0.2) is 20.4 Å². The number of nitrogens with zero attached hydrogens (tertiary/aromatic N) is 4. The molecule has 3 aromatic heterocycles. The van der Waals surface area contributed by atoms with Gasteiger partial charge in [-0.2, -0.15) is 0 Å². The smallest absolute Gasteiger partial charge is 0.258 e. The molecule has 0 aromatic carbocycles. The maximum Gasteiger partial charge on any atom is 0.258 e. The number of pyridine rings is 2. The van der Waals surface area contributed by atoms with E-state index in [1.54, 1.807) is 30.5 Å². The number of hydrogen-bond acceptors (Lipinski definition) is 10. The Morgan fingerprint density at radius 2 is 1.82 bits per heavy atom. The quantitative estimate of drug-likeness (QED) is 0.0416. The number of hydrogen-bond donors (Lipinski definition) is 4. The normalized spacial score (nSPS) is 24.5. The number of carbonyl (C=O) groups is 1. The van der Waals surface area contributed by atoms with Crippen molar-refractivity contribution in [2.75, 3.05) is 18.9 Å². The number of aromatic nitrogens is 3. The van der Waals surface area contributed by atoms with Gasteiger partial charge in [0, 0.05) is 54.0 Å². The maximum absolute atomic E-state index is 13.7. The highest BCUT2D eigenvalue weighted by molar-refractivity contribution is 7.22. The Kier molecular flexibility index (Phi) is 12.5. The fraction of sp³-hybridized carbons (Fsp3) is 0.400. The molecule has 56 heavy (non-hydrogen) atoms. The van der Waals surface area contributed by atoms with Crippen molar-refractivity contribution in [3.63, 3.8) is 0 Å². The number of hydroxylamine groups is 1. The standard InChI is InChI=1S/C45H57N7O3S/c1-12-15-33(39(54)52-41-51-37-16-14-19-48-40(37)56-41)34(28(3)4)20-31(13-2)36-18-17-32(38(50-36)30(6)53)35(21-46)29(5)49-27-44(10)24-43(9)22-42(7,8)23-45(25-43,26-44)55-47-11/h12-21,47,53H,2-3,6,22-27,46H2,1,4-5,7-11H3,(H,51,52,54)/b15-12-,31-20+,34-33+,35-21?,49-29?. The van der Waals surface area contributed by atoms with Crippen LogP contribution < -0.4 is 16.5 Å². The Morgan fingerprint density at radius 1 is 1.07 bits per heavy atom. The number of carbonyl (C=O) groups excluding carboxylic acids is 1. The third-order valence-corrected chi connectivity index (χ3v) is 11.5. The van der Waals surface area contributed by atoms with Crippen LogP contribution in [0.5, 0.6) is 0 Å². The molecule has 5 N–H and O–H groups in total. The molecule has 296 valence electrons. The molecule has 0 spiro atoms. The van der Waals surface area contributed by atoms with E-state index in [2.05, 4.69) is 68.2 Å². The Labute approximate surface area is 335 Å². The zero-order chi connectivity index (χ0) is 41.1. The summed E-state index contributed by atoms with van der Waals surface area (Å²) in [4.78, 5) is 39.7. The molecule has 1 amide bonds. The molecule has 10 nitrogen and oxygen atoms in total. The van der Waals surface area contributed by atoms with Gasteiger partial charge < -0.3 is 10.8 Å². The Bertz CT molecular complexity index is 2170. The highest BCUT2D eigenvalue weighted by Gasteiger charge is 2.58. The second-order valence-electron chi connectivity index (χ2n) is 16.9. The number of amides is 1. The fourth-order valence-corrected chi connectivity index (χ4v) is 10.5. The van der Waals surface area contributed by atoms with Gasteiger partial charge in [-0.1, -0.05) is 82.6 Å². The molecule has 3 aromatic rings. The van der Waals surface area contributed by atoms with Crippen molar-refractivity contribution >= 4 is 55.3 Å². The summed E-state index contributed by atoms with van der Waals surface area (Å²) in [6.45, 7) is 27.7. The molecule has 11 heteroatoms. The number of rotatable bonds is 14. The third kappa shape index (κ3) is 9.34. The van der Waals surface area contributed by atoms with Crippen molar-refractivity contribution in [1.29, 1.82) is 0 Å². The molecule has 3 atom stereocenters. The third-order valence-electron chi connectivity index (χ3n) is 10.6. The van der Waals surface area contributed by atoms with E-state index < -0.39 is 0 Å². The SMILES string of the molecule is C=C\C(=C/C(C(=C)C)=C(/C=C\C)C(=O)Nc1nc2cccnc2s1)c1ccc(C(=CN)C(C)=NCC2(C)CC3(C)CC(C)(C)CC(ONC)(C2)C3)c(C(=C)O)n1. The molecule has 3 unspecified atom stereocenters. The van der Waals surface area contributed by atoms with Crippen LogP contribution in [-0.4, -0.2) is 50.9 Å². The number of fused-ring (bicyclic) bond motifs is 3. The molecule has 0 radical (unpaired) electrons. The number of aliphatic hydroxyl groups is 1. The molecular formula is C45H57N7O3S. The summed E-state index contributed by atoms with van der Waals surface area (Å²) in [5.74, 6) is -0.575. The molecule has 3 heterocycles. The summed E-state index contributed by atoms with van der Waals surface area (Å²) in [5, 5.41) is 14.3. The predicted octanol–water partition coefficient (Wildman–Crippen LogP) is 9.94. The number of thiazole rings is 1. The molecule has 2 bridgehead atoms. The van der Waals surface area contributed by atoms with Crippen molar-refractivity contribution < 1.29 is 14.7 Å². The highest BCUT2D eigenvalue weighted by atomic mass is 32.1. The van der Waals surface area contributed by atoms with E-state index in [1.165, 1.54) is 17.5 Å². The van der Waals surface area contributed by atoms with Gasteiger partial charge in [-0.3, -0.25) is 19.9 Å². The van der Waals surface area contributed by atoms with Crippen molar-refractivity contribution in [3.05, 3.63) is 114 Å². The first kappa shape index (κ1) is 42.2. The minimum Gasteiger partial charge on any atom is -0.506 e. The lowest BCUT2D eigenvalue weighted by Gasteiger charge is -2.60. The number of nitrogens with one attached hydrogen (secondary N) is 2. The molecule has 5 rings (SSSR count). The number of anilines is 1. The van der Waals surface area contributed by atoms with E-state index in [9.17, 15) is 9.90 Å². The Balaban J connectivity index is 1.46. The summed E-state index contributed by atoms with van der Waals surface area (Å²) in [5.41, 5.74) is 14.9. The van der Waals surface area contributed by atoms with Crippen molar-refractivity contribution in [3.8, 4) is 0 Å². The molecule has 0 aliphatic heterocycles. The van der Waals surface area contributed by atoms with Crippen LogP contribution in [-0.2, 0) is 9.63 Å². The van der Waals surface area contributed by atoms with Crippen LogP contribution in [0.2, 0.25) is 0 Å². The largest absolute Gasteiger partial charge is 0.506 e. The number of aliphatic imine (C=N–C) groups is 1. The van der Waals surface area contributed by atoms with Gasteiger partial charge in [0.2, 0.25) is 0 Å². The second-order valence-corrected chi connectivity index (χ2v) is 17.9. The van der Waals surface area contributed by atoms with Crippen LogP contribution in [0.15, 0.2) is 102 Å². The van der Waals surface area contributed by atoms with Crippen LogP contribution in [0.25, 0.3) is 27.3 Å². The summed E-state index contributed by atoms with van der Waals surface area (Å²) < 4.78 is 0. The number of nitrogens with two attached hydrogens (primary N) is 1. The summed E-state index contributed by atoms with van der Waals surface area (Å²) >= 11 is 1.30. The number of aliphatic hydroxyl groups excluding tert-OH is 1. The van der Waals surface area contributed by atoms with Crippen LogP contribution in [0.4, 0.5) is 5.13 Å². The first-order chi connectivity index (χ1) is 26.4. The van der Waals surface area contributed by atoms with Gasteiger partial charge in [0.25, 0.3) is 5.91 Å². The topological polar surface area (TPSA) is 148 Å². The van der Waals surface area contributed by atoms with Gasteiger partial charge in [0.15, 0.2) is 5.13 Å². The van der Waals surface area contributed by atoms with Gasteiger partial charge in [0.05, 0.1) is 11.3 Å². The molecule has 2 aliphatic carbocycles. The van der Waals surface area contributed by atoms with Gasteiger partial charge in [0.1, 0.15) is 21.8 Å². The van der Waals surface area contributed by atoms with Gasteiger partial charge in [-0.05, 0) is 105 Å². The van der Waals surface area contributed by atoms with Crippen LogP contribution >= 0.6 is 11.3 Å². The van der Waals surface area contributed by atoms with Crippen molar-refractivity contribution in [2.45, 2.75) is 86.2 Å². The molecular weight excluding hydrogens is 719 g/mol. The van der Waals surface area contributed by atoms with Crippen molar-refractivity contribution in [2.24, 2.45) is 27.0 Å². The van der Waals surface area contributed by atoms with E-state index in [1.807, 2.05) is 52.1 Å². The minimum absolute atomic E-state index is 0.0979. The van der Waals surface area contributed by atoms with E-state index in [0.717, 1.165) is 42.6 Å².